The molecule has 1 aromatic carbocycles. The van der Waals surface area contributed by atoms with Crippen LogP contribution in [0.5, 0.6) is 0 Å². The Morgan fingerprint density at radius 1 is 1.22 bits per heavy atom. The van der Waals surface area contributed by atoms with E-state index < -0.39 is 6.10 Å². The van der Waals surface area contributed by atoms with E-state index in [4.69, 9.17) is 4.42 Å². The van der Waals surface area contributed by atoms with Crippen molar-refractivity contribution in [3.8, 4) is 0 Å². The van der Waals surface area contributed by atoms with Crippen LogP contribution in [0.1, 0.15) is 67.4 Å². The van der Waals surface area contributed by atoms with Gasteiger partial charge in [-0.1, -0.05) is 37.1 Å². The van der Waals surface area contributed by atoms with Gasteiger partial charge in [0, 0.05) is 24.9 Å². The van der Waals surface area contributed by atoms with E-state index in [9.17, 15) is 9.90 Å². The largest absolute Gasteiger partial charge is 0.467 e. The Bertz CT molecular complexity index is 770. The van der Waals surface area contributed by atoms with Crippen LogP contribution in [0.4, 0.5) is 0 Å². The maximum absolute atomic E-state index is 13.3. The topological polar surface area (TPSA) is 53.7 Å². The highest BCUT2D eigenvalue weighted by molar-refractivity contribution is 5.83. The van der Waals surface area contributed by atoms with Crippen LogP contribution in [0.3, 0.4) is 0 Å². The van der Waals surface area contributed by atoms with Crippen molar-refractivity contribution in [2.45, 2.75) is 63.5 Å². The molecule has 1 N–H and O–H groups in total. The molecule has 2 aromatic rings. The second-order valence-electron chi connectivity index (χ2n) is 8.11. The van der Waals surface area contributed by atoms with Crippen molar-refractivity contribution in [1.82, 2.24) is 4.90 Å². The standard InChI is InChI=1S/C23H29NO3/c1-16-8-4-5-10-18(16)19-15-20(19)23(26)24-12-6-2-3-9-17(24)14-21(25)22-11-7-13-27-22/h4-5,7-8,10-11,13,17,19-21,25H,2-3,6,9,12,14-15H2,1H3/t17-,19-,20-,21-/m0/s1. The van der Waals surface area contributed by atoms with Crippen LogP contribution in [0.25, 0.3) is 0 Å². The highest BCUT2D eigenvalue weighted by Crippen LogP contribution is 2.50. The lowest BCUT2D eigenvalue weighted by molar-refractivity contribution is -0.135. The second-order valence-corrected chi connectivity index (χ2v) is 8.11. The van der Waals surface area contributed by atoms with Crippen molar-refractivity contribution in [3.63, 3.8) is 0 Å². The average molecular weight is 367 g/mol. The quantitative estimate of drug-likeness (QED) is 0.841. The van der Waals surface area contributed by atoms with Gasteiger partial charge in [-0.15, -0.1) is 0 Å². The lowest BCUT2D eigenvalue weighted by Crippen LogP contribution is -2.42. The van der Waals surface area contributed by atoms with E-state index in [-0.39, 0.29) is 17.9 Å². The molecule has 0 spiro atoms. The number of likely N-dealkylation sites (tertiary alicyclic amines) is 1. The Kier molecular flexibility index (Phi) is 5.35. The molecule has 0 bridgehead atoms. The lowest BCUT2D eigenvalue weighted by atomic mass is 10.00. The molecule has 1 aliphatic carbocycles. The first-order valence-electron chi connectivity index (χ1n) is 10.2. The number of furan rings is 1. The van der Waals surface area contributed by atoms with Crippen molar-refractivity contribution in [1.29, 1.82) is 0 Å². The Morgan fingerprint density at radius 3 is 2.85 bits per heavy atom. The van der Waals surface area contributed by atoms with Crippen molar-refractivity contribution in [3.05, 3.63) is 59.5 Å². The Morgan fingerprint density at radius 2 is 2.07 bits per heavy atom. The summed E-state index contributed by atoms with van der Waals surface area (Å²) in [5.74, 6) is 1.34. The van der Waals surface area contributed by atoms with Crippen molar-refractivity contribution in [2.75, 3.05) is 6.54 Å². The number of aryl methyl sites for hydroxylation is 1. The summed E-state index contributed by atoms with van der Waals surface area (Å²) in [6.45, 7) is 2.94. The first-order valence-corrected chi connectivity index (χ1v) is 10.2. The van der Waals surface area contributed by atoms with E-state index in [2.05, 4.69) is 36.1 Å². The summed E-state index contributed by atoms with van der Waals surface area (Å²) in [5.41, 5.74) is 2.59. The highest BCUT2D eigenvalue weighted by Gasteiger charge is 2.47. The SMILES string of the molecule is Cc1ccccc1[C@@H]1C[C@@H]1C(=O)N1CCCCC[C@H]1C[C@H](O)c1ccco1. The molecule has 0 unspecified atom stereocenters. The molecule has 2 heterocycles. The molecule has 4 atom stereocenters. The van der Waals surface area contributed by atoms with Crippen molar-refractivity contribution in [2.24, 2.45) is 5.92 Å². The molecule has 4 rings (SSSR count). The second kappa shape index (κ2) is 7.89. The first-order chi connectivity index (χ1) is 13.1. The summed E-state index contributed by atoms with van der Waals surface area (Å²) in [7, 11) is 0. The van der Waals surface area contributed by atoms with Gasteiger partial charge in [-0.3, -0.25) is 4.79 Å². The number of rotatable bonds is 5. The van der Waals surface area contributed by atoms with Crippen molar-refractivity contribution >= 4 is 5.91 Å². The van der Waals surface area contributed by atoms with Gasteiger partial charge in [0.15, 0.2) is 0 Å². The number of hydrogen-bond acceptors (Lipinski definition) is 3. The third-order valence-corrected chi connectivity index (χ3v) is 6.22. The molecule has 144 valence electrons. The van der Waals surface area contributed by atoms with Gasteiger partial charge in [0.2, 0.25) is 5.91 Å². The number of aliphatic hydroxyl groups excluding tert-OH is 1. The van der Waals surface area contributed by atoms with E-state index in [1.165, 1.54) is 11.1 Å². The highest BCUT2D eigenvalue weighted by atomic mass is 16.4. The van der Waals surface area contributed by atoms with E-state index in [1.807, 2.05) is 6.07 Å². The van der Waals surface area contributed by atoms with Gasteiger partial charge in [-0.25, -0.2) is 0 Å². The normalized spacial score (nSPS) is 26.4. The maximum atomic E-state index is 13.3. The van der Waals surface area contributed by atoms with Crippen LogP contribution in [0, 0.1) is 12.8 Å². The smallest absolute Gasteiger partial charge is 0.226 e. The Balaban J connectivity index is 1.46. The summed E-state index contributed by atoms with van der Waals surface area (Å²) < 4.78 is 5.36. The fourth-order valence-electron chi connectivity index (χ4n) is 4.59. The van der Waals surface area contributed by atoms with E-state index in [0.29, 0.717) is 18.1 Å². The monoisotopic (exact) mass is 367 g/mol. The number of nitrogens with zero attached hydrogens (tertiary/aromatic N) is 1. The van der Waals surface area contributed by atoms with Gasteiger partial charge in [0.05, 0.1) is 6.26 Å². The molecule has 2 aliphatic rings. The third kappa shape index (κ3) is 3.96. The molecular formula is C23H29NO3. The molecule has 1 aliphatic heterocycles. The summed E-state index contributed by atoms with van der Waals surface area (Å²) >= 11 is 0. The van der Waals surface area contributed by atoms with Crippen LogP contribution >= 0.6 is 0 Å². The number of carbonyl (C=O) groups is 1. The average Bonchev–Trinajstić information content (AvgIpc) is 3.33. The number of aliphatic hydroxyl groups is 1. The van der Waals surface area contributed by atoms with Crippen LogP contribution in [0.15, 0.2) is 47.1 Å². The molecule has 1 saturated heterocycles. The third-order valence-electron chi connectivity index (χ3n) is 6.22. The maximum Gasteiger partial charge on any atom is 0.226 e. The van der Waals surface area contributed by atoms with E-state index >= 15 is 0 Å². The van der Waals surface area contributed by atoms with Crippen LogP contribution in [-0.2, 0) is 4.79 Å². The number of amides is 1. The Hall–Kier alpha value is -2.07. The van der Waals surface area contributed by atoms with Gasteiger partial charge < -0.3 is 14.4 Å². The van der Waals surface area contributed by atoms with Gasteiger partial charge in [-0.2, -0.15) is 0 Å². The molecule has 1 saturated carbocycles. The summed E-state index contributed by atoms with van der Waals surface area (Å²) in [4.78, 5) is 15.4. The van der Waals surface area contributed by atoms with E-state index in [1.54, 1.807) is 12.3 Å². The zero-order valence-electron chi connectivity index (χ0n) is 16.0. The van der Waals surface area contributed by atoms with Crippen LogP contribution < -0.4 is 0 Å². The molecule has 0 radical (unpaired) electrons. The summed E-state index contributed by atoms with van der Waals surface area (Å²) in [5, 5.41) is 10.5. The predicted molar refractivity (Wildman–Crippen MR) is 104 cm³/mol. The zero-order chi connectivity index (χ0) is 18.8. The minimum absolute atomic E-state index is 0.0956. The van der Waals surface area contributed by atoms with Crippen molar-refractivity contribution < 1.29 is 14.3 Å². The lowest BCUT2D eigenvalue weighted by Gasteiger charge is -2.31. The Labute approximate surface area is 161 Å². The van der Waals surface area contributed by atoms with Crippen LogP contribution in [0.2, 0.25) is 0 Å². The minimum atomic E-state index is -0.648. The minimum Gasteiger partial charge on any atom is -0.467 e. The van der Waals surface area contributed by atoms with Gasteiger partial charge in [0.1, 0.15) is 11.9 Å². The zero-order valence-corrected chi connectivity index (χ0v) is 16.0. The predicted octanol–water partition coefficient (Wildman–Crippen LogP) is 4.59. The fraction of sp³-hybridized carbons (Fsp3) is 0.522. The van der Waals surface area contributed by atoms with E-state index in [0.717, 1.165) is 38.6 Å². The molecule has 2 fully saturated rings. The molecular weight excluding hydrogens is 338 g/mol. The molecule has 1 aromatic heterocycles. The number of hydrogen-bond donors (Lipinski definition) is 1. The molecule has 1 amide bonds. The first kappa shape index (κ1) is 18.3. The summed E-state index contributed by atoms with van der Waals surface area (Å²) in [6.07, 6.45) is 6.74. The van der Waals surface area contributed by atoms with Gasteiger partial charge in [0.25, 0.3) is 0 Å². The number of benzene rings is 1. The number of carbonyl (C=O) groups excluding carboxylic acids is 1. The molecule has 4 heteroatoms. The summed E-state index contributed by atoms with van der Waals surface area (Å²) in [6, 6.07) is 12.1. The molecule has 27 heavy (non-hydrogen) atoms. The van der Waals surface area contributed by atoms with Gasteiger partial charge in [-0.05, 0) is 55.4 Å². The van der Waals surface area contributed by atoms with Crippen LogP contribution in [-0.4, -0.2) is 28.5 Å². The van der Waals surface area contributed by atoms with Gasteiger partial charge >= 0.3 is 0 Å². The molecule has 4 nitrogen and oxygen atoms in total. The fourth-order valence-corrected chi connectivity index (χ4v) is 4.59.